The number of methoxy groups -OCH3 is 1. The standard InChI is InChI=1S/C16H24F3N3O2/c1-4-20-15(21-10-9-16(17,18)19)22-11-12(2)24-14-8-6-5-7-13(14)23-3/h5-8,12H,4,9-11H2,1-3H3,(H2,20,21,22). The van der Waals surface area contributed by atoms with Gasteiger partial charge >= 0.3 is 6.18 Å². The average Bonchev–Trinajstić information content (AvgIpc) is 2.52. The van der Waals surface area contributed by atoms with Gasteiger partial charge in [0.05, 0.1) is 20.1 Å². The Morgan fingerprint density at radius 2 is 1.88 bits per heavy atom. The maximum Gasteiger partial charge on any atom is 0.390 e. The maximum absolute atomic E-state index is 12.2. The van der Waals surface area contributed by atoms with Crippen LogP contribution in [0, 0.1) is 0 Å². The lowest BCUT2D eigenvalue weighted by atomic mass is 10.3. The predicted octanol–water partition coefficient (Wildman–Crippen LogP) is 2.97. The fraction of sp³-hybridized carbons (Fsp3) is 0.562. The Morgan fingerprint density at radius 3 is 2.46 bits per heavy atom. The van der Waals surface area contributed by atoms with Gasteiger partial charge in [0, 0.05) is 13.1 Å². The molecule has 2 N–H and O–H groups in total. The molecular weight excluding hydrogens is 323 g/mol. The molecule has 1 unspecified atom stereocenters. The molecule has 0 saturated heterocycles. The van der Waals surface area contributed by atoms with E-state index in [4.69, 9.17) is 9.47 Å². The zero-order valence-corrected chi connectivity index (χ0v) is 14.1. The fourth-order valence-corrected chi connectivity index (χ4v) is 1.85. The third-order valence-corrected chi connectivity index (χ3v) is 2.95. The van der Waals surface area contributed by atoms with Gasteiger partial charge in [-0.1, -0.05) is 12.1 Å². The van der Waals surface area contributed by atoms with E-state index in [0.717, 1.165) is 0 Å². The van der Waals surface area contributed by atoms with Gasteiger partial charge in [-0.15, -0.1) is 0 Å². The average molecular weight is 347 g/mol. The number of ether oxygens (including phenoxy) is 2. The van der Waals surface area contributed by atoms with Crippen LogP contribution in [0.1, 0.15) is 20.3 Å². The van der Waals surface area contributed by atoms with E-state index in [9.17, 15) is 13.2 Å². The number of nitrogens with one attached hydrogen (secondary N) is 2. The summed E-state index contributed by atoms with van der Waals surface area (Å²) < 4.78 is 47.5. The molecule has 0 radical (unpaired) electrons. The Morgan fingerprint density at radius 1 is 1.21 bits per heavy atom. The Balaban J connectivity index is 2.55. The molecular formula is C16H24F3N3O2. The molecule has 0 aliphatic carbocycles. The first-order chi connectivity index (χ1) is 11.4. The number of nitrogens with zero attached hydrogens (tertiary/aromatic N) is 1. The molecule has 0 amide bonds. The molecule has 0 fully saturated rings. The molecule has 0 bridgehead atoms. The minimum atomic E-state index is -4.19. The third kappa shape index (κ3) is 7.94. The molecule has 24 heavy (non-hydrogen) atoms. The van der Waals surface area contributed by atoms with Crippen LogP contribution in [-0.2, 0) is 0 Å². The monoisotopic (exact) mass is 347 g/mol. The topological polar surface area (TPSA) is 54.9 Å². The third-order valence-electron chi connectivity index (χ3n) is 2.95. The van der Waals surface area contributed by atoms with Gasteiger partial charge in [0.2, 0.25) is 0 Å². The molecule has 0 aliphatic heterocycles. The summed E-state index contributed by atoms with van der Waals surface area (Å²) in [6.07, 6.45) is -5.37. The number of alkyl halides is 3. The minimum Gasteiger partial charge on any atom is -0.493 e. The van der Waals surface area contributed by atoms with Gasteiger partial charge in [0.25, 0.3) is 0 Å². The largest absolute Gasteiger partial charge is 0.493 e. The van der Waals surface area contributed by atoms with Gasteiger partial charge < -0.3 is 20.1 Å². The van der Waals surface area contributed by atoms with Gasteiger partial charge in [-0.3, -0.25) is 0 Å². The van der Waals surface area contributed by atoms with Gasteiger partial charge in [-0.25, -0.2) is 4.99 Å². The first kappa shape index (κ1) is 19.9. The number of benzene rings is 1. The van der Waals surface area contributed by atoms with Gasteiger partial charge in [-0.05, 0) is 26.0 Å². The zero-order chi connectivity index (χ0) is 18.0. The lowest BCUT2D eigenvalue weighted by molar-refractivity contribution is -0.132. The highest BCUT2D eigenvalue weighted by Crippen LogP contribution is 2.26. The van der Waals surface area contributed by atoms with E-state index in [1.807, 2.05) is 26.0 Å². The summed E-state index contributed by atoms with van der Waals surface area (Å²) in [5.41, 5.74) is 0. The molecule has 5 nitrogen and oxygen atoms in total. The van der Waals surface area contributed by atoms with E-state index in [2.05, 4.69) is 15.6 Å². The second kappa shape index (κ2) is 9.89. The number of aliphatic imine (C=N–C) groups is 1. The normalized spacial score (nSPS) is 13.3. The highest BCUT2D eigenvalue weighted by molar-refractivity contribution is 5.79. The molecule has 1 aromatic rings. The van der Waals surface area contributed by atoms with Crippen LogP contribution in [0.4, 0.5) is 13.2 Å². The number of para-hydroxylation sites is 2. The summed E-state index contributed by atoms with van der Waals surface area (Å²) in [6, 6.07) is 7.23. The van der Waals surface area contributed by atoms with Crippen LogP contribution < -0.4 is 20.1 Å². The summed E-state index contributed by atoms with van der Waals surface area (Å²) in [7, 11) is 1.55. The number of halogens is 3. The molecule has 0 saturated carbocycles. The number of rotatable bonds is 8. The fourth-order valence-electron chi connectivity index (χ4n) is 1.85. The van der Waals surface area contributed by atoms with E-state index in [1.165, 1.54) is 0 Å². The SMILES string of the molecule is CCNC(=NCC(C)Oc1ccccc1OC)NCCC(F)(F)F. The number of hydrogen-bond donors (Lipinski definition) is 2. The lowest BCUT2D eigenvalue weighted by Gasteiger charge is -2.17. The number of hydrogen-bond acceptors (Lipinski definition) is 3. The molecule has 136 valence electrons. The minimum absolute atomic E-state index is 0.225. The van der Waals surface area contributed by atoms with Crippen molar-refractivity contribution < 1.29 is 22.6 Å². The second-order valence-corrected chi connectivity index (χ2v) is 5.09. The van der Waals surface area contributed by atoms with E-state index < -0.39 is 12.6 Å². The molecule has 8 heteroatoms. The molecule has 0 aromatic heterocycles. The van der Waals surface area contributed by atoms with Crippen LogP contribution in [0.5, 0.6) is 11.5 Å². The predicted molar refractivity (Wildman–Crippen MR) is 87.7 cm³/mol. The Labute approximate surface area is 140 Å². The van der Waals surface area contributed by atoms with E-state index in [-0.39, 0.29) is 12.6 Å². The molecule has 0 aliphatic rings. The van der Waals surface area contributed by atoms with Gasteiger partial charge in [0.15, 0.2) is 17.5 Å². The lowest BCUT2D eigenvalue weighted by Crippen LogP contribution is -2.39. The molecule has 0 spiro atoms. The Bertz CT molecular complexity index is 522. The number of guanidine groups is 1. The summed E-state index contributed by atoms with van der Waals surface area (Å²) in [6.45, 7) is 4.29. The highest BCUT2D eigenvalue weighted by atomic mass is 19.4. The molecule has 1 rings (SSSR count). The molecule has 1 atom stereocenters. The van der Waals surface area contributed by atoms with Crippen LogP contribution in [0.2, 0.25) is 0 Å². The van der Waals surface area contributed by atoms with Crippen molar-refractivity contribution in [2.45, 2.75) is 32.5 Å². The van der Waals surface area contributed by atoms with Gasteiger partial charge in [0.1, 0.15) is 6.10 Å². The summed E-state index contributed by atoms with van der Waals surface area (Å²) in [4.78, 5) is 4.25. The van der Waals surface area contributed by atoms with E-state index in [1.54, 1.807) is 19.2 Å². The smallest absolute Gasteiger partial charge is 0.390 e. The van der Waals surface area contributed by atoms with Crippen molar-refractivity contribution in [3.05, 3.63) is 24.3 Å². The quantitative estimate of drug-likeness (QED) is 0.561. The summed E-state index contributed by atoms with van der Waals surface area (Å²) in [5.74, 6) is 1.54. The maximum atomic E-state index is 12.2. The van der Waals surface area contributed by atoms with Crippen LogP contribution in [0.3, 0.4) is 0 Å². The second-order valence-electron chi connectivity index (χ2n) is 5.09. The van der Waals surface area contributed by atoms with Crippen LogP contribution in [0.15, 0.2) is 29.3 Å². The van der Waals surface area contributed by atoms with Crippen molar-refractivity contribution in [2.75, 3.05) is 26.7 Å². The Hall–Kier alpha value is -2.12. The van der Waals surface area contributed by atoms with E-state index >= 15 is 0 Å². The van der Waals surface area contributed by atoms with Crippen molar-refractivity contribution in [3.8, 4) is 11.5 Å². The van der Waals surface area contributed by atoms with Crippen LogP contribution in [0.25, 0.3) is 0 Å². The zero-order valence-electron chi connectivity index (χ0n) is 14.1. The van der Waals surface area contributed by atoms with Crippen molar-refractivity contribution in [3.63, 3.8) is 0 Å². The van der Waals surface area contributed by atoms with Crippen molar-refractivity contribution in [1.82, 2.24) is 10.6 Å². The van der Waals surface area contributed by atoms with Crippen LogP contribution >= 0.6 is 0 Å². The van der Waals surface area contributed by atoms with Crippen molar-refractivity contribution in [2.24, 2.45) is 4.99 Å². The molecule has 1 aromatic carbocycles. The molecule has 0 heterocycles. The first-order valence-electron chi connectivity index (χ1n) is 7.74. The first-order valence-corrected chi connectivity index (χ1v) is 7.74. The van der Waals surface area contributed by atoms with Crippen molar-refractivity contribution >= 4 is 5.96 Å². The highest BCUT2D eigenvalue weighted by Gasteiger charge is 2.26. The van der Waals surface area contributed by atoms with Crippen molar-refractivity contribution in [1.29, 1.82) is 0 Å². The Kier molecular flexibility index (Phi) is 8.21. The van der Waals surface area contributed by atoms with Crippen LogP contribution in [-0.4, -0.2) is 45.0 Å². The van der Waals surface area contributed by atoms with E-state index in [0.29, 0.717) is 30.5 Å². The van der Waals surface area contributed by atoms with Gasteiger partial charge in [-0.2, -0.15) is 13.2 Å². The summed E-state index contributed by atoms with van der Waals surface area (Å²) in [5, 5.41) is 5.56. The summed E-state index contributed by atoms with van der Waals surface area (Å²) >= 11 is 0.